The van der Waals surface area contributed by atoms with Crippen molar-refractivity contribution in [1.82, 2.24) is 5.43 Å². The highest BCUT2D eigenvalue weighted by Crippen LogP contribution is 2.42. The van der Waals surface area contributed by atoms with E-state index in [1.807, 2.05) is 140 Å². The molecule has 5 rings (SSSR count). The van der Waals surface area contributed by atoms with Gasteiger partial charge in [0, 0.05) is 45.6 Å². The van der Waals surface area contributed by atoms with E-state index in [4.69, 9.17) is 5.10 Å². The van der Waals surface area contributed by atoms with Crippen LogP contribution < -0.4 is 31.6 Å². The molecule has 0 radical (unpaired) electrons. The highest BCUT2D eigenvalue weighted by molar-refractivity contribution is 7.85. The Hall–Kier alpha value is -5.12. The quantitative estimate of drug-likeness (QED) is 0.0485. The summed E-state index contributed by atoms with van der Waals surface area (Å²) in [5.41, 5.74) is 6.21. The second-order valence-corrected chi connectivity index (χ2v) is 14.0. The van der Waals surface area contributed by atoms with Crippen LogP contribution in [0.5, 0.6) is 0 Å². The van der Waals surface area contributed by atoms with E-state index in [1.54, 1.807) is 7.05 Å². The van der Waals surface area contributed by atoms with Crippen LogP contribution in [0.3, 0.4) is 0 Å². The Balaban J connectivity index is 1.56. The van der Waals surface area contributed by atoms with Crippen LogP contribution in [-0.2, 0) is 4.57 Å². The van der Waals surface area contributed by atoms with Gasteiger partial charge in [0.2, 0.25) is 0 Å². The van der Waals surface area contributed by atoms with E-state index in [-0.39, 0.29) is 0 Å². The van der Waals surface area contributed by atoms with E-state index < -0.39 is 12.7 Å². The van der Waals surface area contributed by atoms with E-state index >= 15 is 0 Å². The molecule has 2 N–H and O–H groups in total. The fourth-order valence-corrected chi connectivity index (χ4v) is 8.16. The molecule has 232 valence electrons. The summed E-state index contributed by atoms with van der Waals surface area (Å²) in [6, 6.07) is 47.8. The van der Waals surface area contributed by atoms with Crippen molar-refractivity contribution < 1.29 is 4.57 Å². The number of nitrogens with zero attached hydrogens (tertiary/aromatic N) is 2. The molecule has 0 aliphatic carbocycles. The van der Waals surface area contributed by atoms with E-state index in [1.165, 1.54) is 0 Å². The minimum Gasteiger partial charge on any atom is -0.356 e. The minimum absolute atomic E-state index is 0.486. The number of nitrogens with one attached hydrogen (secondary N) is 2. The molecule has 5 aromatic carbocycles. The summed E-state index contributed by atoms with van der Waals surface area (Å²) in [4.78, 5) is 2.25. The molecule has 46 heavy (non-hydrogen) atoms. The van der Waals surface area contributed by atoms with Crippen LogP contribution in [0.15, 0.2) is 175 Å². The Morgan fingerprint density at radius 3 is 1.74 bits per heavy atom. The van der Waals surface area contributed by atoms with Crippen molar-refractivity contribution in [1.29, 1.82) is 0 Å². The maximum atomic E-state index is 15.0. The Kier molecular flexibility index (Phi) is 10.4. The molecule has 0 saturated carbocycles. The third-order valence-electron chi connectivity index (χ3n) is 8.12. The van der Waals surface area contributed by atoms with Crippen LogP contribution in [0.2, 0.25) is 0 Å². The molecule has 0 bridgehead atoms. The molecule has 0 aliphatic heterocycles. The van der Waals surface area contributed by atoms with Crippen molar-refractivity contribution in [2.24, 2.45) is 5.10 Å². The Labute approximate surface area is 273 Å². The third-order valence-corrected chi connectivity index (χ3v) is 11.2. The fraction of sp³-hybridized carbons (Fsp3) is 0.125. The van der Waals surface area contributed by atoms with Gasteiger partial charge in [0.15, 0.2) is 13.0 Å². The van der Waals surface area contributed by atoms with Gasteiger partial charge in [0.05, 0.1) is 5.54 Å². The first-order valence-corrected chi connectivity index (χ1v) is 17.2. The third kappa shape index (κ3) is 7.06. The molecule has 0 spiro atoms. The summed E-state index contributed by atoms with van der Waals surface area (Å²) in [7, 11) is -1.30. The average molecular weight is 625 g/mol. The number of amidine groups is 1. The molecule has 1 unspecified atom stereocenters. The zero-order chi connectivity index (χ0) is 32.4. The molecule has 1 atom stereocenters. The van der Waals surface area contributed by atoms with E-state index in [2.05, 4.69) is 54.3 Å². The van der Waals surface area contributed by atoms with E-state index in [0.29, 0.717) is 0 Å². The van der Waals surface area contributed by atoms with Crippen molar-refractivity contribution in [2.75, 3.05) is 17.3 Å². The summed E-state index contributed by atoms with van der Waals surface area (Å²) in [6.45, 7) is 8.63. The maximum absolute atomic E-state index is 15.0. The second kappa shape index (κ2) is 14.8. The van der Waals surface area contributed by atoms with Gasteiger partial charge in [-0.3, -0.25) is 0 Å². The van der Waals surface area contributed by atoms with Gasteiger partial charge >= 0.3 is 0 Å². The number of allylic oxidation sites excluding steroid dienone is 1. The SMILES string of the molecule is C=C(/C=C\C(C)(CC)N(/C(=N\NC)c1ccc(P(=O)(c2ccccc2)c2ccccc2)cc1)c1ccccc1)Nc1ccccc1. The van der Waals surface area contributed by atoms with Crippen LogP contribution in [-0.4, -0.2) is 18.4 Å². The molecule has 0 fully saturated rings. The number of para-hydroxylation sites is 2. The van der Waals surface area contributed by atoms with Gasteiger partial charge < -0.3 is 20.2 Å². The predicted octanol–water partition coefficient (Wildman–Crippen LogP) is 8.06. The summed E-state index contributed by atoms with van der Waals surface area (Å²) in [5, 5.41) is 10.6. The summed E-state index contributed by atoms with van der Waals surface area (Å²) >= 11 is 0. The molecule has 0 heterocycles. The second-order valence-electron chi connectivity index (χ2n) is 11.2. The Bertz CT molecular complexity index is 1780. The monoisotopic (exact) mass is 624 g/mol. The topological polar surface area (TPSA) is 56.7 Å². The first-order chi connectivity index (χ1) is 22.4. The number of anilines is 2. The molecular weight excluding hydrogens is 583 g/mol. The molecular formula is C40H41N4OP. The molecule has 5 nitrogen and oxygen atoms in total. The zero-order valence-electron chi connectivity index (χ0n) is 26.7. The van der Waals surface area contributed by atoms with Crippen molar-refractivity contribution in [3.05, 3.63) is 176 Å². The van der Waals surface area contributed by atoms with E-state index in [9.17, 15) is 4.57 Å². The summed E-state index contributed by atoms with van der Waals surface area (Å²) < 4.78 is 15.0. The van der Waals surface area contributed by atoms with Crippen LogP contribution in [0.4, 0.5) is 11.4 Å². The van der Waals surface area contributed by atoms with Gasteiger partial charge in [-0.05, 0) is 43.7 Å². The highest BCUT2D eigenvalue weighted by atomic mass is 31.2. The normalized spacial score (nSPS) is 13.2. The molecule has 5 aromatic rings. The lowest BCUT2D eigenvalue weighted by Crippen LogP contribution is -2.49. The fourth-order valence-electron chi connectivity index (χ4n) is 5.51. The van der Waals surface area contributed by atoms with Gasteiger partial charge in [-0.1, -0.05) is 141 Å². The Morgan fingerprint density at radius 1 is 0.761 bits per heavy atom. The number of rotatable bonds is 12. The molecule has 0 amide bonds. The van der Waals surface area contributed by atoms with Gasteiger partial charge in [0.1, 0.15) is 0 Å². The minimum atomic E-state index is -3.11. The average Bonchev–Trinajstić information content (AvgIpc) is 3.12. The highest BCUT2D eigenvalue weighted by Gasteiger charge is 2.34. The number of hydrogen-bond donors (Lipinski definition) is 2. The molecule has 6 heteroatoms. The van der Waals surface area contributed by atoms with Gasteiger partial charge in [0.25, 0.3) is 0 Å². The summed E-state index contributed by atoms with van der Waals surface area (Å²) in [5.74, 6) is 0.741. The zero-order valence-corrected chi connectivity index (χ0v) is 27.6. The molecule has 0 aromatic heterocycles. The smallest absolute Gasteiger partial charge is 0.171 e. The van der Waals surface area contributed by atoms with Crippen LogP contribution in [0, 0.1) is 0 Å². The largest absolute Gasteiger partial charge is 0.356 e. The lowest BCUT2D eigenvalue weighted by atomic mass is 9.93. The molecule has 0 aliphatic rings. The van der Waals surface area contributed by atoms with Gasteiger partial charge in [-0.2, -0.15) is 5.10 Å². The van der Waals surface area contributed by atoms with Crippen LogP contribution in [0.1, 0.15) is 25.8 Å². The first-order valence-electron chi connectivity index (χ1n) is 15.5. The van der Waals surface area contributed by atoms with Crippen molar-refractivity contribution in [2.45, 2.75) is 25.8 Å². The number of hydrogen-bond acceptors (Lipinski definition) is 4. The standard InChI is InChI=1S/C40H41N4OP/c1-5-40(3,31-30-32(2)42-34-18-10-6-11-19-34)44(35-20-12-7-13-21-35)39(43-41-4)33-26-28-38(29-27-33)46(45,36-22-14-8-15-23-36)37-24-16-9-17-25-37/h6-31,41-42H,2,5H2,1,3-4H3/b31-30-,43-39-. The van der Waals surface area contributed by atoms with Crippen molar-refractivity contribution >= 4 is 40.3 Å². The van der Waals surface area contributed by atoms with Gasteiger partial charge in [-0.15, -0.1) is 0 Å². The predicted molar refractivity (Wildman–Crippen MR) is 197 cm³/mol. The van der Waals surface area contributed by atoms with E-state index in [0.717, 1.165) is 50.8 Å². The summed E-state index contributed by atoms with van der Waals surface area (Å²) in [6.07, 6.45) is 4.99. The first kappa shape index (κ1) is 32.3. The van der Waals surface area contributed by atoms with Crippen molar-refractivity contribution in [3.63, 3.8) is 0 Å². The molecule has 0 saturated heterocycles. The van der Waals surface area contributed by atoms with Crippen LogP contribution in [0.25, 0.3) is 0 Å². The van der Waals surface area contributed by atoms with Crippen molar-refractivity contribution in [3.8, 4) is 0 Å². The Morgan fingerprint density at radius 2 is 1.24 bits per heavy atom. The lowest BCUT2D eigenvalue weighted by Gasteiger charge is -2.41. The number of hydrazone groups is 1. The lowest BCUT2D eigenvalue weighted by molar-refractivity contribution is 0.555. The number of benzene rings is 5. The van der Waals surface area contributed by atoms with Crippen LogP contribution >= 0.6 is 7.14 Å². The van der Waals surface area contributed by atoms with Gasteiger partial charge in [-0.25, -0.2) is 0 Å². The maximum Gasteiger partial charge on any atom is 0.171 e.